The largest absolute Gasteiger partial charge is 0.384 e. The van der Waals surface area contributed by atoms with Crippen molar-refractivity contribution in [2.45, 2.75) is 39.5 Å². The molecule has 0 aromatic rings. The number of carbonyl (C=O) groups is 1. The van der Waals surface area contributed by atoms with Crippen molar-refractivity contribution in [3.05, 3.63) is 0 Å². The second-order valence-corrected chi connectivity index (χ2v) is 4.50. The van der Waals surface area contributed by atoms with Crippen LogP contribution in [0.25, 0.3) is 0 Å². The smallest absolute Gasteiger partial charge is 0.133 e. The third-order valence-corrected chi connectivity index (χ3v) is 3.34. The molecule has 0 radical (unpaired) electrons. The minimum atomic E-state index is -0.0849. The number of aliphatic hydroxyl groups excluding tert-OH is 1. The fourth-order valence-corrected chi connectivity index (χ4v) is 2.00. The van der Waals surface area contributed by atoms with Crippen molar-refractivity contribution in [1.82, 2.24) is 0 Å². The van der Waals surface area contributed by atoms with Gasteiger partial charge in [-0.3, -0.25) is 4.79 Å². The van der Waals surface area contributed by atoms with Gasteiger partial charge in [0.1, 0.15) is 12.4 Å². The van der Waals surface area contributed by atoms with Crippen LogP contribution in [0.2, 0.25) is 0 Å². The highest BCUT2D eigenvalue weighted by Crippen LogP contribution is 2.41. The lowest BCUT2D eigenvalue weighted by atomic mass is 9.66. The van der Waals surface area contributed by atoms with Crippen LogP contribution in [0.5, 0.6) is 0 Å². The van der Waals surface area contributed by atoms with E-state index in [0.29, 0.717) is 18.1 Å². The molecule has 1 saturated carbocycles. The number of aliphatic hydroxyl groups is 1. The summed E-state index contributed by atoms with van der Waals surface area (Å²) in [4.78, 5) is 11.4. The average Bonchev–Trinajstić information content (AvgIpc) is 2.13. The molecule has 2 nitrogen and oxygen atoms in total. The van der Waals surface area contributed by atoms with Crippen molar-refractivity contribution >= 4 is 5.78 Å². The first-order valence-electron chi connectivity index (χ1n) is 5.17. The van der Waals surface area contributed by atoms with Crippen LogP contribution in [0.15, 0.2) is 0 Å². The fraction of sp³-hybridized carbons (Fsp3) is 0.750. The van der Waals surface area contributed by atoms with Crippen LogP contribution in [0.4, 0.5) is 0 Å². The lowest BCUT2D eigenvalue weighted by Crippen LogP contribution is -2.33. The molecule has 78 valence electrons. The zero-order chi connectivity index (χ0) is 10.6. The van der Waals surface area contributed by atoms with E-state index in [1.54, 1.807) is 0 Å². The van der Waals surface area contributed by atoms with Gasteiger partial charge in [-0.15, -0.1) is 5.92 Å². The standard InChI is InChI=1S/C12H18O2/c1-10-5-6-11(14)9-12(10,2)7-3-4-8-13/h10,13H,5-9H2,1-2H3. The summed E-state index contributed by atoms with van der Waals surface area (Å²) in [6.45, 7) is 4.23. The molecular weight excluding hydrogens is 176 g/mol. The molecule has 1 rings (SSSR count). The van der Waals surface area contributed by atoms with E-state index in [1.165, 1.54) is 0 Å². The van der Waals surface area contributed by atoms with Gasteiger partial charge < -0.3 is 5.11 Å². The van der Waals surface area contributed by atoms with Crippen LogP contribution in [0, 0.1) is 23.2 Å². The first-order chi connectivity index (χ1) is 6.58. The van der Waals surface area contributed by atoms with E-state index in [4.69, 9.17) is 5.11 Å². The van der Waals surface area contributed by atoms with E-state index in [0.717, 1.165) is 19.3 Å². The van der Waals surface area contributed by atoms with Crippen LogP contribution in [0.3, 0.4) is 0 Å². The van der Waals surface area contributed by atoms with Gasteiger partial charge in [0.05, 0.1) is 0 Å². The van der Waals surface area contributed by atoms with Crippen LogP contribution in [0.1, 0.15) is 39.5 Å². The van der Waals surface area contributed by atoms with E-state index in [-0.39, 0.29) is 12.0 Å². The van der Waals surface area contributed by atoms with Crippen molar-refractivity contribution in [3.8, 4) is 11.8 Å². The molecule has 2 heteroatoms. The number of ketones is 1. The molecule has 0 bridgehead atoms. The summed E-state index contributed by atoms with van der Waals surface area (Å²) in [7, 11) is 0. The van der Waals surface area contributed by atoms with Crippen molar-refractivity contribution in [1.29, 1.82) is 0 Å². The van der Waals surface area contributed by atoms with E-state index in [9.17, 15) is 4.79 Å². The average molecular weight is 194 g/mol. The maximum atomic E-state index is 11.4. The normalized spacial score (nSPS) is 32.2. The molecule has 1 fully saturated rings. The van der Waals surface area contributed by atoms with Crippen LogP contribution < -0.4 is 0 Å². The van der Waals surface area contributed by atoms with Crippen molar-refractivity contribution < 1.29 is 9.90 Å². The molecule has 0 heterocycles. The maximum Gasteiger partial charge on any atom is 0.133 e. The Bertz CT molecular complexity index is 272. The first kappa shape index (κ1) is 11.3. The van der Waals surface area contributed by atoms with Gasteiger partial charge in [0, 0.05) is 19.3 Å². The molecular formula is C12H18O2. The zero-order valence-corrected chi connectivity index (χ0v) is 8.97. The van der Waals surface area contributed by atoms with E-state index in [2.05, 4.69) is 25.7 Å². The lowest BCUT2D eigenvalue weighted by molar-refractivity contribution is -0.125. The van der Waals surface area contributed by atoms with Gasteiger partial charge in [-0.05, 0) is 17.8 Å². The Morgan fingerprint density at radius 1 is 1.57 bits per heavy atom. The third kappa shape index (κ3) is 2.59. The number of hydrogen-bond acceptors (Lipinski definition) is 2. The number of hydrogen-bond donors (Lipinski definition) is 1. The monoisotopic (exact) mass is 194 g/mol. The highest BCUT2D eigenvalue weighted by atomic mass is 16.2. The van der Waals surface area contributed by atoms with Crippen molar-refractivity contribution in [3.63, 3.8) is 0 Å². The van der Waals surface area contributed by atoms with Crippen molar-refractivity contribution in [2.75, 3.05) is 6.61 Å². The minimum Gasteiger partial charge on any atom is -0.384 e. The van der Waals surface area contributed by atoms with Crippen molar-refractivity contribution in [2.24, 2.45) is 11.3 Å². The summed E-state index contributed by atoms with van der Waals surface area (Å²) in [6.07, 6.45) is 3.08. The Hall–Kier alpha value is -0.810. The molecule has 1 N–H and O–H groups in total. The molecule has 2 atom stereocenters. The highest BCUT2D eigenvalue weighted by Gasteiger charge is 2.36. The highest BCUT2D eigenvalue weighted by molar-refractivity contribution is 5.80. The maximum absolute atomic E-state index is 11.4. The van der Waals surface area contributed by atoms with Gasteiger partial charge in [0.25, 0.3) is 0 Å². The number of rotatable bonds is 1. The Balaban J connectivity index is 2.64. The number of Topliss-reactive ketones (excluding diaryl/α,β-unsaturated/α-hetero) is 1. The Morgan fingerprint density at radius 2 is 2.29 bits per heavy atom. The van der Waals surface area contributed by atoms with Gasteiger partial charge in [-0.1, -0.05) is 19.8 Å². The minimum absolute atomic E-state index is 0.0253. The Morgan fingerprint density at radius 3 is 2.93 bits per heavy atom. The van der Waals surface area contributed by atoms with Crippen LogP contribution >= 0.6 is 0 Å². The van der Waals surface area contributed by atoms with E-state index >= 15 is 0 Å². The first-order valence-corrected chi connectivity index (χ1v) is 5.17. The van der Waals surface area contributed by atoms with Gasteiger partial charge in [0.15, 0.2) is 0 Å². The summed E-state index contributed by atoms with van der Waals surface area (Å²) in [5.74, 6) is 6.50. The topological polar surface area (TPSA) is 37.3 Å². The molecule has 0 amide bonds. The third-order valence-electron chi connectivity index (χ3n) is 3.34. The van der Waals surface area contributed by atoms with Gasteiger partial charge >= 0.3 is 0 Å². The van der Waals surface area contributed by atoms with E-state index < -0.39 is 0 Å². The predicted octanol–water partition coefficient (Wildman–Crippen LogP) is 1.77. The predicted molar refractivity (Wildman–Crippen MR) is 55.6 cm³/mol. The summed E-state index contributed by atoms with van der Waals surface area (Å²) < 4.78 is 0. The second kappa shape index (κ2) is 4.61. The molecule has 1 aliphatic carbocycles. The zero-order valence-electron chi connectivity index (χ0n) is 8.97. The molecule has 14 heavy (non-hydrogen) atoms. The molecule has 0 aliphatic heterocycles. The SMILES string of the molecule is CC1CCC(=O)CC1(C)CC#CCO. The van der Waals surface area contributed by atoms with Gasteiger partial charge in [-0.2, -0.15) is 0 Å². The summed E-state index contributed by atoms with van der Waals surface area (Å²) in [5, 5.41) is 8.56. The quantitative estimate of drug-likeness (QED) is 0.646. The molecule has 0 saturated heterocycles. The fourth-order valence-electron chi connectivity index (χ4n) is 2.00. The Kier molecular flexibility index (Phi) is 3.71. The van der Waals surface area contributed by atoms with Gasteiger partial charge in [-0.25, -0.2) is 0 Å². The van der Waals surface area contributed by atoms with Gasteiger partial charge in [0.2, 0.25) is 0 Å². The summed E-state index contributed by atoms with van der Waals surface area (Å²) >= 11 is 0. The van der Waals surface area contributed by atoms with Crippen LogP contribution in [-0.4, -0.2) is 17.5 Å². The Labute approximate surface area is 85.7 Å². The molecule has 0 aromatic heterocycles. The second-order valence-electron chi connectivity index (χ2n) is 4.50. The molecule has 2 unspecified atom stereocenters. The van der Waals surface area contributed by atoms with Crippen LogP contribution in [-0.2, 0) is 4.79 Å². The summed E-state index contributed by atoms with van der Waals surface area (Å²) in [6, 6.07) is 0. The molecule has 1 aliphatic rings. The summed E-state index contributed by atoms with van der Waals surface area (Å²) in [5.41, 5.74) is 0.0253. The molecule has 0 aromatic carbocycles. The lowest BCUT2D eigenvalue weighted by Gasteiger charge is -2.37. The number of carbonyl (C=O) groups excluding carboxylic acids is 1. The molecule has 0 spiro atoms. The van der Waals surface area contributed by atoms with E-state index in [1.807, 2.05) is 0 Å².